The van der Waals surface area contributed by atoms with Crippen molar-refractivity contribution in [3.63, 3.8) is 0 Å². The Hall–Kier alpha value is -1.06. The van der Waals surface area contributed by atoms with E-state index in [1.165, 1.54) is 76.1 Å². The van der Waals surface area contributed by atoms with Crippen molar-refractivity contribution in [3.05, 3.63) is 29.3 Å². The highest BCUT2D eigenvalue weighted by atomic mass is 15.2. The molecule has 0 spiro atoms. The Morgan fingerprint density at radius 2 is 1.82 bits per heavy atom. The van der Waals surface area contributed by atoms with Gasteiger partial charge < -0.3 is 10.2 Å². The summed E-state index contributed by atoms with van der Waals surface area (Å²) in [5, 5.41) is 3.55. The van der Waals surface area contributed by atoms with Crippen molar-refractivity contribution in [1.29, 1.82) is 0 Å². The molecule has 0 aliphatic carbocycles. The largest absolute Gasteiger partial charge is 0.385 e. The van der Waals surface area contributed by atoms with E-state index in [1.807, 2.05) is 0 Å². The number of nitrogens with one attached hydrogen (secondary N) is 1. The van der Waals surface area contributed by atoms with Crippen LogP contribution in [0.25, 0.3) is 0 Å². The van der Waals surface area contributed by atoms with Crippen molar-refractivity contribution in [2.24, 2.45) is 0 Å². The monoisotopic (exact) mass is 301 g/mol. The Balaban J connectivity index is 1.49. The Labute approximate surface area is 135 Å². The van der Waals surface area contributed by atoms with Gasteiger partial charge in [0.1, 0.15) is 0 Å². The molecule has 1 aromatic carbocycles. The summed E-state index contributed by atoms with van der Waals surface area (Å²) in [6.45, 7) is 10.8. The first-order valence-electron chi connectivity index (χ1n) is 9.15. The molecule has 0 unspecified atom stereocenters. The van der Waals surface area contributed by atoms with Crippen LogP contribution in [0.2, 0.25) is 0 Å². The van der Waals surface area contributed by atoms with Gasteiger partial charge in [-0.3, -0.25) is 4.90 Å². The fourth-order valence-corrected chi connectivity index (χ4v) is 3.61. The van der Waals surface area contributed by atoms with Gasteiger partial charge in [0.15, 0.2) is 0 Å². The van der Waals surface area contributed by atoms with Gasteiger partial charge in [0, 0.05) is 38.4 Å². The van der Waals surface area contributed by atoms with Gasteiger partial charge >= 0.3 is 0 Å². The maximum absolute atomic E-state index is 3.55. The molecular weight excluding hydrogens is 270 g/mol. The van der Waals surface area contributed by atoms with Gasteiger partial charge in [-0.1, -0.05) is 19.4 Å². The molecular formula is C19H31N3. The van der Waals surface area contributed by atoms with Crippen LogP contribution in [0.4, 0.5) is 5.69 Å². The first kappa shape index (κ1) is 15.8. The minimum atomic E-state index is 1.09. The minimum Gasteiger partial charge on any atom is -0.385 e. The fraction of sp³-hybridized carbons (Fsp3) is 0.684. The second kappa shape index (κ2) is 7.98. The number of fused-ring (bicyclic) bond motifs is 1. The van der Waals surface area contributed by atoms with E-state index >= 15 is 0 Å². The van der Waals surface area contributed by atoms with Crippen molar-refractivity contribution in [2.75, 3.05) is 44.6 Å². The van der Waals surface area contributed by atoms with Crippen molar-refractivity contribution < 1.29 is 0 Å². The highest BCUT2D eigenvalue weighted by Crippen LogP contribution is 2.22. The van der Waals surface area contributed by atoms with Gasteiger partial charge in [-0.25, -0.2) is 0 Å². The van der Waals surface area contributed by atoms with Gasteiger partial charge in [0.05, 0.1) is 0 Å². The van der Waals surface area contributed by atoms with Crippen LogP contribution in [-0.2, 0) is 13.0 Å². The summed E-state index contributed by atoms with van der Waals surface area (Å²) in [6.07, 6.45) is 6.51. The van der Waals surface area contributed by atoms with Crippen molar-refractivity contribution in [2.45, 2.75) is 45.6 Å². The number of hydrogen-bond donors (Lipinski definition) is 1. The molecule has 3 rings (SSSR count). The van der Waals surface area contributed by atoms with Gasteiger partial charge in [0.2, 0.25) is 0 Å². The van der Waals surface area contributed by atoms with E-state index in [0.29, 0.717) is 0 Å². The molecule has 0 radical (unpaired) electrons. The lowest BCUT2D eigenvalue weighted by Gasteiger charge is -2.30. The third kappa shape index (κ3) is 4.23. The number of hydrogen-bond acceptors (Lipinski definition) is 3. The van der Waals surface area contributed by atoms with Crippen molar-refractivity contribution >= 4 is 5.69 Å². The Morgan fingerprint density at radius 1 is 1.00 bits per heavy atom. The summed E-state index contributed by atoms with van der Waals surface area (Å²) in [6, 6.07) is 6.98. The predicted molar refractivity (Wildman–Crippen MR) is 94.5 cm³/mol. The second-order valence-electron chi connectivity index (χ2n) is 6.84. The molecule has 3 heteroatoms. The molecule has 1 saturated heterocycles. The molecule has 1 fully saturated rings. The fourth-order valence-electron chi connectivity index (χ4n) is 3.61. The van der Waals surface area contributed by atoms with E-state index in [1.54, 1.807) is 5.56 Å². The standard InChI is InChI=1S/C19H31N3/c1-2-3-9-20-19-7-6-18-16-22(12-8-17(18)15-19)14-13-21-10-4-5-11-21/h6-7,15,20H,2-5,8-14,16H2,1H3. The first-order valence-corrected chi connectivity index (χ1v) is 9.15. The molecule has 1 aromatic rings. The molecule has 0 saturated carbocycles. The Bertz CT molecular complexity index is 466. The third-order valence-electron chi connectivity index (χ3n) is 5.09. The quantitative estimate of drug-likeness (QED) is 0.779. The van der Waals surface area contributed by atoms with Crippen molar-refractivity contribution in [1.82, 2.24) is 9.80 Å². The highest BCUT2D eigenvalue weighted by Gasteiger charge is 2.18. The number of benzene rings is 1. The van der Waals surface area contributed by atoms with E-state index in [4.69, 9.17) is 0 Å². The smallest absolute Gasteiger partial charge is 0.0343 e. The van der Waals surface area contributed by atoms with E-state index in [-0.39, 0.29) is 0 Å². The lowest BCUT2D eigenvalue weighted by atomic mass is 9.99. The Morgan fingerprint density at radius 3 is 2.64 bits per heavy atom. The predicted octanol–water partition coefficient (Wildman–Crippen LogP) is 3.35. The van der Waals surface area contributed by atoms with Crippen LogP contribution < -0.4 is 5.32 Å². The maximum atomic E-state index is 3.55. The lowest BCUT2D eigenvalue weighted by Crippen LogP contribution is -2.37. The summed E-state index contributed by atoms with van der Waals surface area (Å²) < 4.78 is 0. The summed E-state index contributed by atoms with van der Waals surface area (Å²) in [5.74, 6) is 0. The topological polar surface area (TPSA) is 18.5 Å². The maximum Gasteiger partial charge on any atom is 0.0343 e. The van der Waals surface area contributed by atoms with Gasteiger partial charge in [-0.2, -0.15) is 0 Å². The van der Waals surface area contributed by atoms with E-state index in [0.717, 1.165) is 13.1 Å². The minimum absolute atomic E-state index is 1.09. The van der Waals surface area contributed by atoms with Crippen molar-refractivity contribution in [3.8, 4) is 0 Å². The average Bonchev–Trinajstić information content (AvgIpc) is 3.06. The molecule has 0 aromatic heterocycles. The number of nitrogens with zero attached hydrogens (tertiary/aromatic N) is 2. The van der Waals surface area contributed by atoms with Crippen LogP contribution in [0, 0.1) is 0 Å². The molecule has 3 nitrogen and oxygen atoms in total. The van der Waals surface area contributed by atoms with Gasteiger partial charge in [-0.15, -0.1) is 0 Å². The summed E-state index contributed by atoms with van der Waals surface area (Å²) in [5.41, 5.74) is 4.39. The molecule has 2 aliphatic heterocycles. The molecule has 1 N–H and O–H groups in total. The zero-order valence-corrected chi connectivity index (χ0v) is 14.1. The van der Waals surface area contributed by atoms with Crippen LogP contribution in [-0.4, -0.2) is 49.1 Å². The van der Waals surface area contributed by atoms with Crippen LogP contribution in [0.3, 0.4) is 0 Å². The highest BCUT2D eigenvalue weighted by molar-refractivity contribution is 5.49. The van der Waals surface area contributed by atoms with Crippen LogP contribution >= 0.6 is 0 Å². The summed E-state index contributed by atoms with van der Waals surface area (Å²) in [4.78, 5) is 5.25. The molecule has 22 heavy (non-hydrogen) atoms. The molecule has 122 valence electrons. The summed E-state index contributed by atoms with van der Waals surface area (Å²) in [7, 11) is 0. The van der Waals surface area contributed by atoms with Gasteiger partial charge in [0.25, 0.3) is 0 Å². The van der Waals surface area contributed by atoms with Crippen LogP contribution in [0.5, 0.6) is 0 Å². The zero-order chi connectivity index (χ0) is 15.2. The van der Waals surface area contributed by atoms with Crippen LogP contribution in [0.15, 0.2) is 18.2 Å². The number of unbranched alkanes of at least 4 members (excludes halogenated alkanes) is 1. The lowest BCUT2D eigenvalue weighted by molar-refractivity contribution is 0.211. The SMILES string of the molecule is CCCCNc1ccc2c(c1)CCN(CCN1CCCC1)C2. The van der Waals surface area contributed by atoms with E-state index in [9.17, 15) is 0 Å². The second-order valence-corrected chi connectivity index (χ2v) is 6.84. The van der Waals surface area contributed by atoms with E-state index < -0.39 is 0 Å². The Kier molecular flexibility index (Phi) is 5.74. The van der Waals surface area contributed by atoms with Gasteiger partial charge in [-0.05, 0) is 62.0 Å². The number of likely N-dealkylation sites (tertiary alicyclic amines) is 1. The summed E-state index contributed by atoms with van der Waals surface area (Å²) >= 11 is 0. The third-order valence-corrected chi connectivity index (χ3v) is 5.09. The normalized spacial score (nSPS) is 19.3. The van der Waals surface area contributed by atoms with Crippen LogP contribution in [0.1, 0.15) is 43.7 Å². The molecule has 2 aliphatic rings. The molecule has 0 bridgehead atoms. The zero-order valence-electron chi connectivity index (χ0n) is 14.1. The number of anilines is 1. The first-order chi connectivity index (χ1) is 10.8. The molecule has 0 atom stereocenters. The number of rotatable bonds is 7. The van der Waals surface area contributed by atoms with E-state index in [2.05, 4.69) is 40.2 Å². The molecule has 2 heterocycles. The average molecular weight is 301 g/mol. The molecule has 0 amide bonds.